The van der Waals surface area contributed by atoms with E-state index in [4.69, 9.17) is 9.84 Å². The molecule has 108 valence electrons. The Bertz CT molecular complexity index is 592. The van der Waals surface area contributed by atoms with Crippen molar-refractivity contribution in [3.63, 3.8) is 0 Å². The minimum absolute atomic E-state index is 0.0106. The molecule has 0 saturated heterocycles. The Morgan fingerprint density at radius 2 is 2.40 bits per heavy atom. The van der Waals surface area contributed by atoms with E-state index in [2.05, 4.69) is 15.3 Å². The van der Waals surface area contributed by atoms with Gasteiger partial charge in [0, 0.05) is 25.8 Å². The third-order valence-electron chi connectivity index (χ3n) is 2.86. The number of anilines is 1. The van der Waals surface area contributed by atoms with Gasteiger partial charge >= 0.3 is 0 Å². The van der Waals surface area contributed by atoms with Gasteiger partial charge in [-0.15, -0.1) is 0 Å². The van der Waals surface area contributed by atoms with Crippen LogP contribution in [0, 0.1) is 10.1 Å². The number of aliphatic hydroxyl groups excluding tert-OH is 1. The van der Waals surface area contributed by atoms with Crippen molar-refractivity contribution in [2.75, 3.05) is 25.6 Å². The lowest BCUT2D eigenvalue weighted by molar-refractivity contribution is -0.384. The number of aromatic amines is 1. The first-order chi connectivity index (χ1) is 9.63. The fourth-order valence-electron chi connectivity index (χ4n) is 1.93. The van der Waals surface area contributed by atoms with E-state index >= 15 is 0 Å². The quantitative estimate of drug-likeness (QED) is 0.520. The molecule has 3 N–H and O–H groups in total. The molecule has 1 heterocycles. The van der Waals surface area contributed by atoms with Crippen molar-refractivity contribution in [2.45, 2.75) is 12.5 Å². The van der Waals surface area contributed by atoms with E-state index in [0.717, 1.165) is 0 Å². The molecule has 8 nitrogen and oxygen atoms in total. The number of nitro groups is 1. The molecule has 1 aromatic carbocycles. The van der Waals surface area contributed by atoms with Crippen LogP contribution in [-0.4, -0.2) is 46.4 Å². The number of methoxy groups -OCH3 is 1. The highest BCUT2D eigenvalue weighted by atomic mass is 16.6. The predicted molar refractivity (Wildman–Crippen MR) is 73.7 cm³/mol. The van der Waals surface area contributed by atoms with Crippen LogP contribution in [0.5, 0.6) is 0 Å². The molecule has 0 bridgehead atoms. The molecule has 20 heavy (non-hydrogen) atoms. The van der Waals surface area contributed by atoms with Crippen molar-refractivity contribution in [1.82, 2.24) is 9.97 Å². The molecule has 0 aliphatic heterocycles. The lowest BCUT2D eigenvalue weighted by Crippen LogP contribution is -2.26. The average molecular weight is 280 g/mol. The molecule has 0 spiro atoms. The number of aliphatic hydroxyl groups is 1. The Kier molecular flexibility index (Phi) is 4.49. The lowest BCUT2D eigenvalue weighted by atomic mass is 10.2. The van der Waals surface area contributed by atoms with Gasteiger partial charge < -0.3 is 20.1 Å². The summed E-state index contributed by atoms with van der Waals surface area (Å²) in [5, 5.41) is 22.8. The molecule has 1 atom stereocenters. The zero-order valence-corrected chi connectivity index (χ0v) is 11.0. The Hall–Kier alpha value is -2.19. The van der Waals surface area contributed by atoms with E-state index in [9.17, 15) is 10.1 Å². The fourth-order valence-corrected chi connectivity index (χ4v) is 1.93. The molecule has 1 aromatic heterocycles. The normalized spacial score (nSPS) is 12.5. The van der Waals surface area contributed by atoms with Crippen molar-refractivity contribution >= 4 is 22.7 Å². The first kappa shape index (κ1) is 14.2. The van der Waals surface area contributed by atoms with Gasteiger partial charge in [0.2, 0.25) is 5.95 Å². The maximum Gasteiger partial charge on any atom is 0.271 e. The van der Waals surface area contributed by atoms with Crippen molar-refractivity contribution < 1.29 is 14.8 Å². The van der Waals surface area contributed by atoms with Crippen molar-refractivity contribution in [2.24, 2.45) is 0 Å². The van der Waals surface area contributed by atoms with E-state index in [-0.39, 0.29) is 18.3 Å². The number of fused-ring (bicyclic) bond motifs is 1. The summed E-state index contributed by atoms with van der Waals surface area (Å²) in [6, 6.07) is 4.35. The summed E-state index contributed by atoms with van der Waals surface area (Å²) in [5.41, 5.74) is 1.23. The summed E-state index contributed by atoms with van der Waals surface area (Å²) in [7, 11) is 1.58. The molecule has 0 saturated carbocycles. The van der Waals surface area contributed by atoms with Gasteiger partial charge in [-0.1, -0.05) is 0 Å². The second-order valence-electron chi connectivity index (χ2n) is 4.35. The first-order valence-electron chi connectivity index (χ1n) is 6.14. The molecule has 0 fully saturated rings. The standard InChI is InChI=1S/C12H16N4O4/c1-20-7-8(4-5-17)13-12-14-10-3-2-9(16(18)19)6-11(10)15-12/h2-3,6,8,17H,4-5,7H2,1H3,(H2,13,14,15). The molecular formula is C12H16N4O4. The molecular weight excluding hydrogens is 264 g/mol. The molecule has 0 amide bonds. The largest absolute Gasteiger partial charge is 0.396 e. The second kappa shape index (κ2) is 6.31. The maximum atomic E-state index is 10.7. The SMILES string of the molecule is COCC(CCO)Nc1nc2ccc([N+](=O)[O-])cc2[nH]1. The summed E-state index contributed by atoms with van der Waals surface area (Å²) in [6.45, 7) is 0.463. The van der Waals surface area contributed by atoms with Gasteiger partial charge in [-0.2, -0.15) is 0 Å². The number of hydrogen-bond acceptors (Lipinski definition) is 6. The highest BCUT2D eigenvalue weighted by Crippen LogP contribution is 2.20. The molecule has 0 aliphatic rings. The van der Waals surface area contributed by atoms with Gasteiger partial charge in [0.1, 0.15) is 0 Å². The van der Waals surface area contributed by atoms with Gasteiger partial charge in [-0.3, -0.25) is 10.1 Å². The molecule has 0 radical (unpaired) electrons. The summed E-state index contributed by atoms with van der Waals surface area (Å²) in [5.74, 6) is 0.496. The molecule has 8 heteroatoms. The van der Waals surface area contributed by atoms with Crippen LogP contribution >= 0.6 is 0 Å². The van der Waals surface area contributed by atoms with E-state index in [0.29, 0.717) is 30.0 Å². The monoisotopic (exact) mass is 280 g/mol. The number of benzene rings is 1. The van der Waals surface area contributed by atoms with Crippen LogP contribution in [0.25, 0.3) is 11.0 Å². The highest BCUT2D eigenvalue weighted by Gasteiger charge is 2.12. The summed E-state index contributed by atoms with van der Waals surface area (Å²) in [6.07, 6.45) is 0.519. The minimum atomic E-state index is -0.452. The third-order valence-corrected chi connectivity index (χ3v) is 2.86. The average Bonchev–Trinajstić information content (AvgIpc) is 2.80. The van der Waals surface area contributed by atoms with Gasteiger partial charge in [0.25, 0.3) is 5.69 Å². The Labute approximate surface area is 114 Å². The number of non-ortho nitro benzene ring substituents is 1. The fraction of sp³-hybridized carbons (Fsp3) is 0.417. The van der Waals surface area contributed by atoms with Gasteiger partial charge in [-0.05, 0) is 12.5 Å². The number of nitrogens with one attached hydrogen (secondary N) is 2. The van der Waals surface area contributed by atoms with E-state index in [1.165, 1.54) is 12.1 Å². The van der Waals surface area contributed by atoms with Crippen LogP contribution in [-0.2, 0) is 4.74 Å². The number of ether oxygens (including phenoxy) is 1. The molecule has 2 aromatic rings. The minimum Gasteiger partial charge on any atom is -0.396 e. The van der Waals surface area contributed by atoms with Gasteiger partial charge in [-0.25, -0.2) is 4.98 Å². The number of aromatic nitrogens is 2. The molecule has 2 rings (SSSR count). The molecule has 0 aliphatic carbocycles. The topological polar surface area (TPSA) is 113 Å². The van der Waals surface area contributed by atoms with Crippen LogP contribution in [0.3, 0.4) is 0 Å². The number of rotatable bonds is 7. The van der Waals surface area contributed by atoms with E-state index < -0.39 is 4.92 Å². The summed E-state index contributed by atoms with van der Waals surface area (Å²) < 4.78 is 5.05. The number of nitrogens with zero attached hydrogens (tertiary/aromatic N) is 2. The van der Waals surface area contributed by atoms with Gasteiger partial charge in [0.05, 0.1) is 28.6 Å². The smallest absolute Gasteiger partial charge is 0.271 e. The van der Waals surface area contributed by atoms with Crippen LogP contribution in [0.15, 0.2) is 18.2 Å². The Balaban J connectivity index is 2.20. The Morgan fingerprint density at radius 3 is 3.05 bits per heavy atom. The van der Waals surface area contributed by atoms with Crippen LogP contribution in [0.4, 0.5) is 11.6 Å². The lowest BCUT2D eigenvalue weighted by Gasteiger charge is -2.15. The first-order valence-corrected chi connectivity index (χ1v) is 6.14. The summed E-state index contributed by atoms with van der Waals surface area (Å²) in [4.78, 5) is 17.5. The second-order valence-corrected chi connectivity index (χ2v) is 4.35. The zero-order valence-electron chi connectivity index (χ0n) is 11.0. The number of nitro benzene ring substituents is 1. The maximum absolute atomic E-state index is 10.7. The highest BCUT2D eigenvalue weighted by molar-refractivity contribution is 5.79. The number of H-pyrrole nitrogens is 1. The number of hydrogen-bond donors (Lipinski definition) is 3. The van der Waals surface area contributed by atoms with Crippen molar-refractivity contribution in [3.05, 3.63) is 28.3 Å². The third kappa shape index (κ3) is 3.22. The van der Waals surface area contributed by atoms with E-state index in [1.807, 2.05) is 0 Å². The van der Waals surface area contributed by atoms with Crippen LogP contribution in [0.2, 0.25) is 0 Å². The van der Waals surface area contributed by atoms with Crippen LogP contribution in [0.1, 0.15) is 6.42 Å². The zero-order chi connectivity index (χ0) is 14.5. The van der Waals surface area contributed by atoms with E-state index in [1.54, 1.807) is 13.2 Å². The molecule has 1 unspecified atom stereocenters. The van der Waals surface area contributed by atoms with Crippen molar-refractivity contribution in [1.29, 1.82) is 0 Å². The number of imidazole rings is 1. The van der Waals surface area contributed by atoms with Crippen LogP contribution < -0.4 is 5.32 Å². The van der Waals surface area contributed by atoms with Crippen molar-refractivity contribution in [3.8, 4) is 0 Å². The predicted octanol–water partition coefficient (Wildman–Crippen LogP) is 1.28. The summed E-state index contributed by atoms with van der Waals surface area (Å²) >= 11 is 0. The Morgan fingerprint density at radius 1 is 1.60 bits per heavy atom. The van der Waals surface area contributed by atoms with Gasteiger partial charge in [0.15, 0.2) is 0 Å².